The Morgan fingerprint density at radius 1 is 1.28 bits per heavy atom. The van der Waals surface area contributed by atoms with E-state index in [1.54, 1.807) is 13.8 Å². The van der Waals surface area contributed by atoms with Crippen LogP contribution >= 0.6 is 35.4 Å². The van der Waals surface area contributed by atoms with Crippen molar-refractivity contribution >= 4 is 50.4 Å². The summed E-state index contributed by atoms with van der Waals surface area (Å²) in [7, 11) is -3.79. The molecule has 0 spiro atoms. The zero-order valence-corrected chi connectivity index (χ0v) is 12.8. The SMILES string of the molecule is CC(C)(NS(=O)(=O)c1cc(Cl)cc(Cl)c1)C(N)=S. The van der Waals surface area contributed by atoms with Crippen LogP contribution in [-0.4, -0.2) is 18.9 Å². The Morgan fingerprint density at radius 3 is 2.11 bits per heavy atom. The fraction of sp³-hybridized carbons (Fsp3) is 0.300. The molecule has 0 amide bonds. The molecule has 0 unspecified atom stereocenters. The normalized spacial score (nSPS) is 12.4. The molecule has 1 aromatic carbocycles. The van der Waals surface area contributed by atoms with Gasteiger partial charge in [0.1, 0.15) is 0 Å². The Kier molecular flexibility index (Phi) is 4.61. The summed E-state index contributed by atoms with van der Waals surface area (Å²) in [5.74, 6) is 0. The van der Waals surface area contributed by atoms with Gasteiger partial charge in [-0.15, -0.1) is 0 Å². The molecule has 0 heterocycles. The number of nitrogens with one attached hydrogen (secondary N) is 1. The zero-order chi connectivity index (χ0) is 14.1. The molecule has 0 fully saturated rings. The number of rotatable bonds is 4. The van der Waals surface area contributed by atoms with E-state index >= 15 is 0 Å². The van der Waals surface area contributed by atoms with Crippen LogP contribution in [0, 0.1) is 0 Å². The van der Waals surface area contributed by atoms with Gasteiger partial charge in [-0.2, -0.15) is 4.72 Å². The largest absolute Gasteiger partial charge is 0.392 e. The molecule has 0 saturated carbocycles. The van der Waals surface area contributed by atoms with Crippen LogP contribution in [0.1, 0.15) is 13.8 Å². The first kappa shape index (κ1) is 15.7. The number of hydrogen-bond acceptors (Lipinski definition) is 3. The van der Waals surface area contributed by atoms with E-state index < -0.39 is 15.6 Å². The maximum Gasteiger partial charge on any atom is 0.241 e. The van der Waals surface area contributed by atoms with Crippen LogP contribution in [0.5, 0.6) is 0 Å². The molecule has 0 aliphatic rings. The summed E-state index contributed by atoms with van der Waals surface area (Å²) in [6, 6.07) is 4.04. The molecule has 8 heteroatoms. The summed E-state index contributed by atoms with van der Waals surface area (Å²) in [5.41, 5.74) is 4.43. The van der Waals surface area contributed by atoms with Gasteiger partial charge in [0.2, 0.25) is 10.0 Å². The first-order valence-corrected chi connectivity index (χ1v) is 7.49. The molecule has 1 aromatic rings. The maximum atomic E-state index is 12.1. The predicted octanol–water partition coefficient (Wildman–Crippen LogP) is 2.34. The van der Waals surface area contributed by atoms with Gasteiger partial charge in [-0.25, -0.2) is 8.42 Å². The van der Waals surface area contributed by atoms with Crippen LogP contribution in [0.25, 0.3) is 0 Å². The second-order valence-electron chi connectivity index (χ2n) is 4.20. The van der Waals surface area contributed by atoms with Gasteiger partial charge in [-0.05, 0) is 32.0 Å². The van der Waals surface area contributed by atoms with Gasteiger partial charge < -0.3 is 5.73 Å². The summed E-state index contributed by atoms with van der Waals surface area (Å²) in [4.78, 5) is 0.00326. The molecule has 4 nitrogen and oxygen atoms in total. The quantitative estimate of drug-likeness (QED) is 0.833. The second-order valence-corrected chi connectivity index (χ2v) is 7.20. The third-order valence-corrected chi connectivity index (χ3v) is 4.73. The fourth-order valence-electron chi connectivity index (χ4n) is 1.13. The van der Waals surface area contributed by atoms with Crippen molar-refractivity contribution in [2.75, 3.05) is 0 Å². The fourth-order valence-corrected chi connectivity index (χ4v) is 3.36. The van der Waals surface area contributed by atoms with Gasteiger partial charge in [-0.1, -0.05) is 35.4 Å². The van der Waals surface area contributed by atoms with Crippen molar-refractivity contribution in [2.24, 2.45) is 5.73 Å². The molecule has 0 aliphatic carbocycles. The maximum absolute atomic E-state index is 12.1. The number of halogens is 2. The van der Waals surface area contributed by atoms with E-state index in [1.807, 2.05) is 0 Å². The lowest BCUT2D eigenvalue weighted by atomic mass is 10.1. The molecule has 0 aliphatic heterocycles. The molecule has 18 heavy (non-hydrogen) atoms. The molecule has 1 rings (SSSR count). The molecular formula is C10H12Cl2N2O2S2. The standard InChI is InChI=1S/C10H12Cl2N2O2S2/c1-10(2,9(13)17)14-18(15,16)8-4-6(11)3-7(12)5-8/h3-5,14H,1-2H3,(H2,13,17). The van der Waals surface area contributed by atoms with Crippen molar-refractivity contribution in [1.29, 1.82) is 0 Å². The molecule has 0 aromatic heterocycles. The third-order valence-electron chi connectivity index (χ3n) is 2.15. The van der Waals surface area contributed by atoms with Crippen molar-refractivity contribution in [3.05, 3.63) is 28.2 Å². The molecule has 3 N–H and O–H groups in total. The average Bonchev–Trinajstić information content (AvgIpc) is 2.13. The Balaban J connectivity index is 3.19. The highest BCUT2D eigenvalue weighted by Gasteiger charge is 2.29. The molecule has 0 saturated heterocycles. The van der Waals surface area contributed by atoms with Crippen LogP contribution in [-0.2, 0) is 10.0 Å². The topological polar surface area (TPSA) is 72.2 Å². The van der Waals surface area contributed by atoms with Crippen molar-refractivity contribution < 1.29 is 8.42 Å². The summed E-state index contributed by atoms with van der Waals surface area (Å²) in [6.45, 7) is 3.14. The molecule has 0 radical (unpaired) electrons. The first-order chi connectivity index (χ1) is 8.04. The van der Waals surface area contributed by atoms with E-state index in [-0.39, 0.29) is 19.9 Å². The van der Waals surface area contributed by atoms with Crippen molar-refractivity contribution in [1.82, 2.24) is 4.72 Å². The summed E-state index contributed by atoms with van der Waals surface area (Å²) in [6.07, 6.45) is 0. The van der Waals surface area contributed by atoms with Gasteiger partial charge in [0.15, 0.2) is 0 Å². The third kappa shape index (κ3) is 3.80. The van der Waals surface area contributed by atoms with E-state index in [1.165, 1.54) is 18.2 Å². The summed E-state index contributed by atoms with van der Waals surface area (Å²) >= 11 is 16.3. The molecule has 0 atom stereocenters. The first-order valence-electron chi connectivity index (χ1n) is 4.84. The van der Waals surface area contributed by atoms with E-state index in [9.17, 15) is 8.42 Å². The highest BCUT2D eigenvalue weighted by molar-refractivity contribution is 7.89. The Bertz CT molecular complexity index is 565. The van der Waals surface area contributed by atoms with Crippen molar-refractivity contribution in [3.8, 4) is 0 Å². The summed E-state index contributed by atoms with van der Waals surface area (Å²) < 4.78 is 26.6. The number of benzene rings is 1. The minimum absolute atomic E-state index is 0.0377. The lowest BCUT2D eigenvalue weighted by molar-refractivity contribution is 0.546. The van der Waals surface area contributed by atoms with Crippen LogP contribution in [0.3, 0.4) is 0 Å². The highest BCUT2D eigenvalue weighted by Crippen LogP contribution is 2.23. The van der Waals surface area contributed by atoms with E-state index in [0.29, 0.717) is 0 Å². The second kappa shape index (κ2) is 5.30. The number of hydrogen-bond donors (Lipinski definition) is 2. The van der Waals surface area contributed by atoms with Gasteiger partial charge in [0.05, 0.1) is 15.4 Å². The Morgan fingerprint density at radius 2 is 1.72 bits per heavy atom. The Hall–Kier alpha value is -0.400. The van der Waals surface area contributed by atoms with Crippen molar-refractivity contribution in [3.63, 3.8) is 0 Å². The zero-order valence-electron chi connectivity index (χ0n) is 9.70. The molecule has 0 bridgehead atoms. The lowest BCUT2D eigenvalue weighted by Crippen LogP contribution is -2.51. The lowest BCUT2D eigenvalue weighted by Gasteiger charge is -2.24. The van der Waals surface area contributed by atoms with Crippen LogP contribution in [0.15, 0.2) is 23.1 Å². The van der Waals surface area contributed by atoms with E-state index in [2.05, 4.69) is 4.72 Å². The minimum Gasteiger partial charge on any atom is -0.392 e. The Labute approximate surface area is 122 Å². The monoisotopic (exact) mass is 326 g/mol. The van der Waals surface area contributed by atoms with Gasteiger partial charge in [-0.3, -0.25) is 0 Å². The smallest absolute Gasteiger partial charge is 0.241 e. The molecular weight excluding hydrogens is 315 g/mol. The van der Waals surface area contributed by atoms with Crippen LogP contribution < -0.4 is 10.5 Å². The average molecular weight is 327 g/mol. The number of nitrogens with two attached hydrogens (primary N) is 1. The predicted molar refractivity (Wildman–Crippen MR) is 77.6 cm³/mol. The summed E-state index contributed by atoms with van der Waals surface area (Å²) in [5, 5.41) is 0.465. The van der Waals surface area contributed by atoms with E-state index in [0.717, 1.165) is 0 Å². The number of sulfonamides is 1. The molecule has 100 valence electrons. The van der Waals surface area contributed by atoms with Crippen molar-refractivity contribution in [2.45, 2.75) is 24.3 Å². The van der Waals surface area contributed by atoms with Gasteiger partial charge >= 0.3 is 0 Å². The minimum atomic E-state index is -3.79. The van der Waals surface area contributed by atoms with Crippen LogP contribution in [0.4, 0.5) is 0 Å². The van der Waals surface area contributed by atoms with Gasteiger partial charge in [0.25, 0.3) is 0 Å². The van der Waals surface area contributed by atoms with Crippen LogP contribution in [0.2, 0.25) is 10.0 Å². The van der Waals surface area contributed by atoms with Gasteiger partial charge in [0, 0.05) is 10.0 Å². The highest BCUT2D eigenvalue weighted by atomic mass is 35.5. The van der Waals surface area contributed by atoms with E-state index in [4.69, 9.17) is 41.2 Å². The number of thiocarbonyl (C=S) groups is 1.